The lowest BCUT2D eigenvalue weighted by Crippen LogP contribution is -1.96. The molecule has 0 saturated carbocycles. The summed E-state index contributed by atoms with van der Waals surface area (Å²) >= 11 is 2.05. The fourth-order valence-electron chi connectivity index (χ4n) is 1.66. The Morgan fingerprint density at radius 3 is 2.41 bits per heavy atom. The zero-order valence-electron chi connectivity index (χ0n) is 10.8. The van der Waals surface area contributed by atoms with Crippen molar-refractivity contribution in [2.45, 2.75) is 0 Å². The largest absolute Gasteiger partial charge is 0.502 e. The summed E-state index contributed by atoms with van der Waals surface area (Å²) in [5, 5.41) is 31.5. The minimum absolute atomic E-state index is 0.0967. The van der Waals surface area contributed by atoms with Crippen molar-refractivity contribution in [1.29, 1.82) is 0 Å². The molecule has 112 valence electrons. The minimum atomic E-state index is -0.883. The zero-order valence-corrected chi connectivity index (χ0v) is 13.0. The van der Waals surface area contributed by atoms with Gasteiger partial charge in [0, 0.05) is 21.4 Å². The van der Waals surface area contributed by atoms with E-state index in [2.05, 4.69) is 27.6 Å². The van der Waals surface area contributed by atoms with Gasteiger partial charge in [-0.05, 0) is 34.7 Å². The van der Waals surface area contributed by atoms with Gasteiger partial charge in [0.1, 0.15) is 0 Å². The molecule has 8 nitrogen and oxygen atoms in total. The first-order valence-electron chi connectivity index (χ1n) is 5.84. The lowest BCUT2D eigenvalue weighted by molar-refractivity contribution is -0.394. The molecule has 9 heteroatoms. The van der Waals surface area contributed by atoms with Crippen LogP contribution in [0.4, 0.5) is 17.1 Å². The lowest BCUT2D eigenvalue weighted by Gasteiger charge is -2.01. The highest BCUT2D eigenvalue weighted by molar-refractivity contribution is 14.1. The van der Waals surface area contributed by atoms with Crippen molar-refractivity contribution in [3.63, 3.8) is 0 Å². The Morgan fingerprint density at radius 1 is 1.14 bits per heavy atom. The van der Waals surface area contributed by atoms with E-state index in [9.17, 15) is 25.3 Å². The van der Waals surface area contributed by atoms with Crippen molar-refractivity contribution in [1.82, 2.24) is 0 Å². The number of hydrogen-bond donors (Lipinski definition) is 1. The Morgan fingerprint density at radius 2 is 1.82 bits per heavy atom. The Kier molecular flexibility index (Phi) is 4.65. The predicted octanol–water partition coefficient (Wildman–Crippen LogP) is 3.56. The second-order valence-electron chi connectivity index (χ2n) is 4.13. The molecule has 2 rings (SSSR count). The van der Waals surface area contributed by atoms with Crippen LogP contribution in [0.3, 0.4) is 0 Å². The Bertz CT molecular complexity index is 791. The number of phenolic OH excluding ortho intramolecular Hbond substituents is 1. The molecule has 0 amide bonds. The molecule has 0 aliphatic rings. The van der Waals surface area contributed by atoms with Gasteiger partial charge >= 0.3 is 5.69 Å². The number of benzene rings is 2. The number of para-hydroxylation sites is 1. The standard InChI is InChI=1S/C13H8IN3O5/c14-10-3-1-2-4-11(10)15-7-8-5-9(16(19)20)6-12(13(8)18)17(21)22/h1-7,18H. The van der Waals surface area contributed by atoms with E-state index in [4.69, 9.17) is 0 Å². The van der Waals surface area contributed by atoms with Crippen LogP contribution in [0.25, 0.3) is 0 Å². The van der Waals surface area contributed by atoms with E-state index in [-0.39, 0.29) is 5.56 Å². The van der Waals surface area contributed by atoms with Crippen LogP contribution in [-0.4, -0.2) is 21.2 Å². The predicted molar refractivity (Wildman–Crippen MR) is 87.8 cm³/mol. The summed E-state index contributed by atoms with van der Waals surface area (Å²) in [6.07, 6.45) is 1.16. The number of nitro groups is 2. The number of nitro benzene ring substituents is 2. The monoisotopic (exact) mass is 413 g/mol. The first-order chi connectivity index (χ1) is 10.4. The third-order valence-corrected chi connectivity index (χ3v) is 3.62. The Balaban J connectivity index is 2.53. The molecule has 2 aromatic rings. The van der Waals surface area contributed by atoms with Gasteiger partial charge in [0.05, 0.1) is 21.6 Å². The van der Waals surface area contributed by atoms with E-state index < -0.39 is 27.0 Å². The molecule has 0 fully saturated rings. The van der Waals surface area contributed by atoms with Gasteiger partial charge in [0.2, 0.25) is 5.75 Å². The molecule has 0 spiro atoms. The first-order valence-corrected chi connectivity index (χ1v) is 6.92. The highest BCUT2D eigenvalue weighted by Gasteiger charge is 2.23. The van der Waals surface area contributed by atoms with Gasteiger partial charge in [0.25, 0.3) is 5.69 Å². The third-order valence-electron chi connectivity index (χ3n) is 2.71. The van der Waals surface area contributed by atoms with Crippen LogP contribution in [0.15, 0.2) is 41.4 Å². The summed E-state index contributed by atoms with van der Waals surface area (Å²) in [5.74, 6) is -0.662. The van der Waals surface area contributed by atoms with Crippen LogP contribution in [-0.2, 0) is 0 Å². The van der Waals surface area contributed by atoms with Gasteiger partial charge in [-0.2, -0.15) is 0 Å². The first kappa shape index (κ1) is 15.8. The van der Waals surface area contributed by atoms with Crippen molar-refractivity contribution in [2.75, 3.05) is 0 Å². The van der Waals surface area contributed by atoms with Gasteiger partial charge < -0.3 is 5.11 Å². The second-order valence-corrected chi connectivity index (χ2v) is 5.29. The van der Waals surface area contributed by atoms with Gasteiger partial charge in [-0.25, -0.2) is 0 Å². The van der Waals surface area contributed by atoms with Crippen LogP contribution in [0.2, 0.25) is 0 Å². The molecule has 22 heavy (non-hydrogen) atoms. The molecule has 0 unspecified atom stereocenters. The van der Waals surface area contributed by atoms with Crippen LogP contribution >= 0.6 is 22.6 Å². The minimum Gasteiger partial charge on any atom is -0.502 e. The van der Waals surface area contributed by atoms with E-state index in [0.717, 1.165) is 15.9 Å². The number of nitrogens with zero attached hydrogens (tertiary/aromatic N) is 3. The number of halogens is 1. The zero-order chi connectivity index (χ0) is 16.3. The van der Waals surface area contributed by atoms with Crippen LogP contribution in [0.1, 0.15) is 5.56 Å². The van der Waals surface area contributed by atoms with Crippen molar-refractivity contribution in [2.24, 2.45) is 4.99 Å². The van der Waals surface area contributed by atoms with E-state index in [1.165, 1.54) is 0 Å². The Labute approximate surface area is 137 Å². The topological polar surface area (TPSA) is 119 Å². The number of phenols is 1. The molecule has 0 saturated heterocycles. The van der Waals surface area contributed by atoms with E-state index in [1.807, 2.05) is 12.1 Å². The van der Waals surface area contributed by atoms with E-state index in [1.54, 1.807) is 12.1 Å². The number of aliphatic imine (C=N–C) groups is 1. The molecular formula is C13H8IN3O5. The normalized spacial score (nSPS) is 10.8. The molecule has 1 N–H and O–H groups in total. The fraction of sp³-hybridized carbons (Fsp3) is 0. The third kappa shape index (κ3) is 3.36. The smallest absolute Gasteiger partial charge is 0.318 e. The summed E-state index contributed by atoms with van der Waals surface area (Å²) < 4.78 is 0.829. The van der Waals surface area contributed by atoms with Crippen molar-refractivity contribution < 1.29 is 15.0 Å². The van der Waals surface area contributed by atoms with Crippen LogP contribution in [0.5, 0.6) is 5.75 Å². The van der Waals surface area contributed by atoms with Crippen molar-refractivity contribution in [3.05, 3.63) is 65.8 Å². The quantitative estimate of drug-likeness (QED) is 0.356. The summed E-state index contributed by atoms with van der Waals surface area (Å²) in [5.41, 5.74) is -0.746. The van der Waals surface area contributed by atoms with Gasteiger partial charge in [0.15, 0.2) is 0 Å². The Hall–Kier alpha value is -2.56. The molecule has 0 aliphatic carbocycles. The number of rotatable bonds is 4. The number of aromatic hydroxyl groups is 1. The average Bonchev–Trinajstić information content (AvgIpc) is 2.47. The molecule has 0 aromatic heterocycles. The summed E-state index contributed by atoms with van der Waals surface area (Å²) in [6, 6.07) is 8.83. The maximum Gasteiger partial charge on any atom is 0.318 e. The SMILES string of the molecule is O=[N+]([O-])c1cc(C=Nc2ccccc2I)c(O)c([N+](=O)[O-])c1. The molecule has 2 aromatic carbocycles. The molecule has 0 radical (unpaired) electrons. The molecule has 0 bridgehead atoms. The maximum atomic E-state index is 10.9. The van der Waals surface area contributed by atoms with E-state index in [0.29, 0.717) is 11.8 Å². The number of non-ortho nitro benzene ring substituents is 1. The van der Waals surface area contributed by atoms with Gasteiger partial charge in [-0.1, -0.05) is 12.1 Å². The summed E-state index contributed by atoms with van der Waals surface area (Å²) in [4.78, 5) is 24.1. The average molecular weight is 413 g/mol. The van der Waals surface area contributed by atoms with Gasteiger partial charge in [-0.3, -0.25) is 25.2 Å². The molecule has 0 heterocycles. The van der Waals surface area contributed by atoms with Crippen molar-refractivity contribution in [3.8, 4) is 5.75 Å². The number of hydrogen-bond acceptors (Lipinski definition) is 6. The molecule has 0 atom stereocenters. The molecule has 0 aliphatic heterocycles. The summed E-state index contributed by atoms with van der Waals surface area (Å²) in [6.45, 7) is 0. The highest BCUT2D eigenvalue weighted by Crippen LogP contribution is 2.33. The van der Waals surface area contributed by atoms with E-state index >= 15 is 0 Å². The summed E-state index contributed by atoms with van der Waals surface area (Å²) in [7, 11) is 0. The lowest BCUT2D eigenvalue weighted by atomic mass is 10.1. The highest BCUT2D eigenvalue weighted by atomic mass is 127. The van der Waals surface area contributed by atoms with Crippen LogP contribution < -0.4 is 0 Å². The van der Waals surface area contributed by atoms with Crippen molar-refractivity contribution >= 4 is 45.9 Å². The molecular weight excluding hydrogens is 405 g/mol. The fourth-order valence-corrected chi connectivity index (χ4v) is 2.19. The second kappa shape index (κ2) is 6.47. The maximum absolute atomic E-state index is 10.9. The van der Waals surface area contributed by atoms with Crippen LogP contribution in [0, 0.1) is 23.8 Å². The van der Waals surface area contributed by atoms with Gasteiger partial charge in [-0.15, -0.1) is 0 Å².